The number of methoxy groups -OCH3 is 1. The van der Waals surface area contributed by atoms with Crippen molar-refractivity contribution in [2.45, 2.75) is 19.1 Å². The average Bonchev–Trinajstić information content (AvgIpc) is 2.82. The van der Waals surface area contributed by atoms with Crippen molar-refractivity contribution < 1.29 is 14.3 Å². The van der Waals surface area contributed by atoms with Crippen LogP contribution in [-0.4, -0.2) is 32.2 Å². The number of benzene rings is 3. The summed E-state index contributed by atoms with van der Waals surface area (Å²) >= 11 is 0. The molecular formula is C25H26N2O3. The Morgan fingerprint density at radius 3 is 2.67 bits per heavy atom. The molecule has 0 aliphatic carbocycles. The third kappa shape index (κ3) is 4.31. The molecule has 3 aromatic carbocycles. The Morgan fingerprint density at radius 1 is 1.10 bits per heavy atom. The quantitative estimate of drug-likeness (QED) is 0.662. The van der Waals surface area contributed by atoms with E-state index < -0.39 is 0 Å². The standard InChI is InChI=1S/C25H26N2O3/c1-18(20-11-8-12-21(15-20)29-2)26-16-22-17-27(23-13-6-7-14-24(23)30-22)25(28)19-9-4-3-5-10-19/h3-15,18,22,26H,16-17H2,1-2H3. The second kappa shape index (κ2) is 9.01. The fourth-order valence-electron chi connectivity index (χ4n) is 3.67. The van der Waals surface area contributed by atoms with Crippen molar-refractivity contribution in [3.8, 4) is 11.5 Å². The molecule has 0 spiro atoms. The van der Waals surface area contributed by atoms with Gasteiger partial charge in [-0.05, 0) is 48.9 Å². The Kier molecular flexibility index (Phi) is 6.00. The molecule has 5 heteroatoms. The van der Waals surface area contributed by atoms with Gasteiger partial charge in [-0.1, -0.05) is 42.5 Å². The number of rotatable bonds is 6. The molecule has 2 unspecified atom stereocenters. The van der Waals surface area contributed by atoms with Crippen molar-refractivity contribution in [2.24, 2.45) is 0 Å². The zero-order valence-corrected chi connectivity index (χ0v) is 17.2. The van der Waals surface area contributed by atoms with Crippen molar-refractivity contribution in [1.82, 2.24) is 5.32 Å². The number of nitrogens with zero attached hydrogens (tertiary/aromatic N) is 1. The van der Waals surface area contributed by atoms with Crippen molar-refractivity contribution in [3.63, 3.8) is 0 Å². The Hall–Kier alpha value is -3.31. The van der Waals surface area contributed by atoms with Gasteiger partial charge in [0.2, 0.25) is 0 Å². The largest absolute Gasteiger partial charge is 0.497 e. The van der Waals surface area contributed by atoms with Gasteiger partial charge in [-0.3, -0.25) is 4.79 Å². The molecule has 154 valence electrons. The van der Waals surface area contributed by atoms with Gasteiger partial charge in [-0.15, -0.1) is 0 Å². The van der Waals surface area contributed by atoms with Crippen LogP contribution in [0.15, 0.2) is 78.9 Å². The zero-order chi connectivity index (χ0) is 20.9. The van der Waals surface area contributed by atoms with Crippen LogP contribution in [-0.2, 0) is 0 Å². The van der Waals surface area contributed by atoms with E-state index in [0.717, 1.165) is 22.7 Å². The minimum Gasteiger partial charge on any atom is -0.497 e. The minimum absolute atomic E-state index is 0.0165. The van der Waals surface area contributed by atoms with E-state index in [-0.39, 0.29) is 18.1 Å². The Morgan fingerprint density at radius 2 is 1.87 bits per heavy atom. The number of para-hydroxylation sites is 2. The second-order valence-electron chi connectivity index (χ2n) is 7.40. The highest BCUT2D eigenvalue weighted by Gasteiger charge is 2.30. The number of hydrogen-bond acceptors (Lipinski definition) is 4. The van der Waals surface area contributed by atoms with E-state index in [1.54, 1.807) is 7.11 Å². The molecule has 0 fully saturated rings. The first kappa shape index (κ1) is 20.0. The molecule has 1 aliphatic rings. The van der Waals surface area contributed by atoms with Crippen LogP contribution in [0, 0.1) is 0 Å². The van der Waals surface area contributed by atoms with Crippen LogP contribution < -0.4 is 19.7 Å². The van der Waals surface area contributed by atoms with E-state index in [2.05, 4.69) is 18.3 Å². The van der Waals surface area contributed by atoms with Crippen LogP contribution >= 0.6 is 0 Å². The molecule has 0 radical (unpaired) electrons. The number of nitrogens with one attached hydrogen (secondary N) is 1. The smallest absolute Gasteiger partial charge is 0.258 e. The van der Waals surface area contributed by atoms with Crippen LogP contribution in [0.4, 0.5) is 5.69 Å². The molecule has 30 heavy (non-hydrogen) atoms. The summed E-state index contributed by atoms with van der Waals surface area (Å²) in [4.78, 5) is 15.0. The van der Waals surface area contributed by atoms with Crippen LogP contribution in [0.2, 0.25) is 0 Å². The number of anilines is 1. The topological polar surface area (TPSA) is 50.8 Å². The first-order valence-electron chi connectivity index (χ1n) is 10.2. The maximum atomic E-state index is 13.2. The highest BCUT2D eigenvalue weighted by Crippen LogP contribution is 2.34. The maximum Gasteiger partial charge on any atom is 0.258 e. The summed E-state index contributed by atoms with van der Waals surface area (Å²) in [7, 11) is 1.67. The summed E-state index contributed by atoms with van der Waals surface area (Å²) in [5.74, 6) is 1.55. The Bertz CT molecular complexity index is 1010. The summed E-state index contributed by atoms with van der Waals surface area (Å²) in [5.41, 5.74) is 2.62. The molecule has 1 amide bonds. The number of amides is 1. The van der Waals surface area contributed by atoms with E-state index in [1.165, 1.54) is 0 Å². The third-order valence-electron chi connectivity index (χ3n) is 5.35. The van der Waals surface area contributed by atoms with Gasteiger partial charge in [0, 0.05) is 18.2 Å². The number of ether oxygens (including phenoxy) is 2. The van der Waals surface area contributed by atoms with Crippen molar-refractivity contribution in [3.05, 3.63) is 90.0 Å². The van der Waals surface area contributed by atoms with Crippen LogP contribution in [0.25, 0.3) is 0 Å². The van der Waals surface area contributed by atoms with Crippen molar-refractivity contribution >= 4 is 11.6 Å². The van der Waals surface area contributed by atoms with E-state index in [1.807, 2.05) is 77.7 Å². The SMILES string of the molecule is COc1cccc(C(C)NCC2CN(C(=O)c3ccccc3)c3ccccc3O2)c1. The predicted octanol–water partition coefficient (Wildman–Crippen LogP) is 4.45. The van der Waals surface area contributed by atoms with Gasteiger partial charge in [0.1, 0.15) is 17.6 Å². The van der Waals surface area contributed by atoms with E-state index >= 15 is 0 Å². The van der Waals surface area contributed by atoms with Crippen molar-refractivity contribution in [2.75, 3.05) is 25.1 Å². The van der Waals surface area contributed by atoms with E-state index in [9.17, 15) is 4.79 Å². The van der Waals surface area contributed by atoms with Crippen LogP contribution in [0.1, 0.15) is 28.9 Å². The molecule has 1 N–H and O–H groups in total. The summed E-state index contributed by atoms with van der Waals surface area (Å²) < 4.78 is 11.5. The number of carbonyl (C=O) groups is 1. The monoisotopic (exact) mass is 402 g/mol. The van der Waals surface area contributed by atoms with Gasteiger partial charge < -0.3 is 19.7 Å². The van der Waals surface area contributed by atoms with Gasteiger partial charge in [-0.2, -0.15) is 0 Å². The van der Waals surface area contributed by atoms with Crippen molar-refractivity contribution in [1.29, 1.82) is 0 Å². The maximum absolute atomic E-state index is 13.2. The second-order valence-corrected chi connectivity index (χ2v) is 7.40. The molecule has 2 atom stereocenters. The van der Waals surface area contributed by atoms with Gasteiger partial charge in [0.15, 0.2) is 0 Å². The first-order chi connectivity index (χ1) is 14.7. The summed E-state index contributed by atoms with van der Waals surface area (Å²) in [6.45, 7) is 3.21. The molecule has 3 aromatic rings. The molecule has 0 saturated carbocycles. The first-order valence-corrected chi connectivity index (χ1v) is 10.2. The van der Waals surface area contributed by atoms with Gasteiger partial charge in [-0.25, -0.2) is 0 Å². The molecule has 0 saturated heterocycles. The predicted molar refractivity (Wildman–Crippen MR) is 118 cm³/mol. The molecular weight excluding hydrogens is 376 g/mol. The molecule has 1 aliphatic heterocycles. The average molecular weight is 402 g/mol. The molecule has 1 heterocycles. The highest BCUT2D eigenvalue weighted by molar-refractivity contribution is 6.07. The zero-order valence-electron chi connectivity index (χ0n) is 17.2. The van der Waals surface area contributed by atoms with E-state index in [0.29, 0.717) is 18.7 Å². The lowest BCUT2D eigenvalue weighted by Gasteiger charge is -2.35. The third-order valence-corrected chi connectivity index (χ3v) is 5.35. The molecule has 0 bridgehead atoms. The fraction of sp³-hybridized carbons (Fsp3) is 0.240. The van der Waals surface area contributed by atoms with Gasteiger partial charge in [0.05, 0.1) is 19.3 Å². The minimum atomic E-state index is -0.152. The Labute approximate surface area is 177 Å². The summed E-state index contributed by atoms with van der Waals surface area (Å²) in [6.07, 6.45) is -0.152. The summed E-state index contributed by atoms with van der Waals surface area (Å²) in [5, 5.41) is 3.53. The lowest BCUT2D eigenvalue weighted by molar-refractivity contribution is 0.0954. The molecule has 5 nitrogen and oxygen atoms in total. The number of fused-ring (bicyclic) bond motifs is 1. The van der Waals surface area contributed by atoms with Crippen LogP contribution in [0.5, 0.6) is 11.5 Å². The summed E-state index contributed by atoms with van der Waals surface area (Å²) in [6, 6.07) is 25.2. The molecule has 4 rings (SSSR count). The number of hydrogen-bond donors (Lipinski definition) is 1. The lowest BCUT2D eigenvalue weighted by atomic mass is 10.1. The Balaban J connectivity index is 1.49. The molecule has 0 aromatic heterocycles. The normalized spacial score (nSPS) is 16.3. The van der Waals surface area contributed by atoms with Crippen LogP contribution in [0.3, 0.4) is 0 Å². The van der Waals surface area contributed by atoms with Gasteiger partial charge in [0.25, 0.3) is 5.91 Å². The van der Waals surface area contributed by atoms with E-state index in [4.69, 9.17) is 9.47 Å². The fourth-order valence-corrected chi connectivity index (χ4v) is 3.67. The number of carbonyl (C=O) groups excluding carboxylic acids is 1. The van der Waals surface area contributed by atoms with Gasteiger partial charge >= 0.3 is 0 Å². The highest BCUT2D eigenvalue weighted by atomic mass is 16.5. The lowest BCUT2D eigenvalue weighted by Crippen LogP contribution is -2.48.